The molecule has 1 saturated carbocycles. The lowest BCUT2D eigenvalue weighted by Gasteiger charge is -2.38. The maximum absolute atomic E-state index is 12.4. The van der Waals surface area contributed by atoms with E-state index in [2.05, 4.69) is 6.07 Å². The number of benzene rings is 1. The number of carbonyl (C=O) groups is 2. The van der Waals surface area contributed by atoms with Gasteiger partial charge in [-0.1, -0.05) is 31.4 Å². The Labute approximate surface area is 164 Å². The fourth-order valence-corrected chi connectivity index (χ4v) is 3.20. The van der Waals surface area contributed by atoms with Crippen LogP contribution in [0.5, 0.6) is 5.75 Å². The molecule has 0 aliphatic heterocycles. The zero-order valence-electron chi connectivity index (χ0n) is 16.1. The van der Waals surface area contributed by atoms with Crippen molar-refractivity contribution < 1.29 is 19.1 Å². The van der Waals surface area contributed by atoms with Gasteiger partial charge in [-0.25, -0.2) is 4.79 Å². The molecule has 0 heterocycles. The second-order valence-electron chi connectivity index (χ2n) is 6.68. The Morgan fingerprint density at radius 2 is 1.82 bits per heavy atom. The van der Waals surface area contributed by atoms with Gasteiger partial charge in [0.15, 0.2) is 6.61 Å². The number of hydrogen-bond acceptors (Lipinski definition) is 6. The highest BCUT2D eigenvalue weighted by Gasteiger charge is 2.39. The molecular formula is C21H23N3O4. The number of ether oxygens (including phenoxy) is 2. The molecule has 1 aromatic carbocycles. The van der Waals surface area contributed by atoms with Crippen molar-refractivity contribution in [2.45, 2.75) is 37.6 Å². The third kappa shape index (κ3) is 4.89. The summed E-state index contributed by atoms with van der Waals surface area (Å²) >= 11 is 0. The normalized spacial score (nSPS) is 15.6. The van der Waals surface area contributed by atoms with Crippen molar-refractivity contribution in [2.24, 2.45) is 0 Å². The van der Waals surface area contributed by atoms with Gasteiger partial charge in [0.25, 0.3) is 5.91 Å². The van der Waals surface area contributed by atoms with Crippen molar-refractivity contribution in [2.75, 3.05) is 20.8 Å². The van der Waals surface area contributed by atoms with Crippen molar-refractivity contribution in [1.82, 2.24) is 4.90 Å². The van der Waals surface area contributed by atoms with E-state index in [0.29, 0.717) is 24.2 Å². The van der Waals surface area contributed by atoms with Crippen LogP contribution in [0.1, 0.15) is 37.7 Å². The summed E-state index contributed by atoms with van der Waals surface area (Å²) in [5, 5.41) is 18.8. The first kappa shape index (κ1) is 21.0. The molecule has 0 radical (unpaired) electrons. The number of likely N-dealkylation sites (N-methyl/N-ethyl adjacent to an activating group) is 1. The third-order valence-corrected chi connectivity index (χ3v) is 5.00. The van der Waals surface area contributed by atoms with Crippen molar-refractivity contribution in [3.63, 3.8) is 0 Å². The quantitative estimate of drug-likeness (QED) is 0.426. The number of amides is 1. The highest BCUT2D eigenvalue weighted by atomic mass is 16.5. The van der Waals surface area contributed by atoms with Crippen LogP contribution >= 0.6 is 0 Å². The molecule has 1 fully saturated rings. The van der Waals surface area contributed by atoms with Gasteiger partial charge >= 0.3 is 5.97 Å². The Morgan fingerprint density at radius 3 is 2.36 bits per heavy atom. The van der Waals surface area contributed by atoms with Gasteiger partial charge in [-0.2, -0.15) is 10.5 Å². The van der Waals surface area contributed by atoms with Crippen molar-refractivity contribution >= 4 is 18.0 Å². The molecule has 7 heteroatoms. The number of rotatable bonds is 6. The Hall–Kier alpha value is -3.32. The molecular weight excluding hydrogens is 358 g/mol. The summed E-state index contributed by atoms with van der Waals surface area (Å²) in [5.74, 6) is -0.686. The van der Waals surface area contributed by atoms with Gasteiger partial charge in [-0.15, -0.1) is 0 Å². The van der Waals surface area contributed by atoms with Crippen LogP contribution in [0.3, 0.4) is 0 Å². The zero-order chi connectivity index (χ0) is 20.6. The number of hydrogen-bond donors (Lipinski definition) is 0. The highest BCUT2D eigenvalue weighted by molar-refractivity contribution is 5.98. The minimum Gasteiger partial charge on any atom is -0.497 e. The molecule has 1 aromatic rings. The van der Waals surface area contributed by atoms with Gasteiger partial charge in [0.05, 0.1) is 13.2 Å². The molecule has 0 saturated heterocycles. The third-order valence-electron chi connectivity index (χ3n) is 5.00. The molecule has 0 spiro atoms. The van der Waals surface area contributed by atoms with E-state index < -0.39 is 24.0 Å². The lowest BCUT2D eigenvalue weighted by Crippen LogP contribution is -2.51. The molecule has 7 nitrogen and oxygen atoms in total. The van der Waals surface area contributed by atoms with Gasteiger partial charge in [0.1, 0.15) is 22.9 Å². The molecule has 2 rings (SSSR count). The van der Waals surface area contributed by atoms with Crippen molar-refractivity contribution in [1.29, 1.82) is 10.5 Å². The van der Waals surface area contributed by atoms with E-state index in [1.807, 2.05) is 0 Å². The SMILES string of the molecule is COc1ccc(/C=C(\C#N)C(=O)OCC(=O)N(C)C2(C#N)CCCCC2)cc1. The molecule has 0 unspecified atom stereocenters. The Kier molecular flexibility index (Phi) is 7.17. The summed E-state index contributed by atoms with van der Waals surface area (Å²) in [6.07, 6.45) is 5.42. The summed E-state index contributed by atoms with van der Waals surface area (Å²) in [6.45, 7) is -0.513. The van der Waals surface area contributed by atoms with Crippen LogP contribution < -0.4 is 4.74 Å². The highest BCUT2D eigenvalue weighted by Crippen LogP contribution is 2.32. The van der Waals surface area contributed by atoms with E-state index in [-0.39, 0.29) is 5.57 Å². The second-order valence-corrected chi connectivity index (χ2v) is 6.68. The predicted octanol–water partition coefficient (Wildman–Crippen LogP) is 2.83. The van der Waals surface area contributed by atoms with Crippen LogP contribution in [0, 0.1) is 22.7 Å². The minimum absolute atomic E-state index is 0.215. The maximum atomic E-state index is 12.4. The zero-order valence-corrected chi connectivity index (χ0v) is 16.1. The van der Waals surface area contributed by atoms with Gasteiger partial charge in [0.2, 0.25) is 0 Å². The summed E-state index contributed by atoms with van der Waals surface area (Å²) in [4.78, 5) is 26.0. The molecule has 1 aliphatic rings. The summed E-state index contributed by atoms with van der Waals surface area (Å²) < 4.78 is 10.1. The van der Waals surface area contributed by atoms with E-state index in [0.717, 1.165) is 19.3 Å². The fraction of sp³-hybridized carbons (Fsp3) is 0.429. The number of carbonyl (C=O) groups excluding carboxylic acids is 2. The standard InChI is InChI=1S/C21H23N3O4/c1-24(21(15-23)10-4-3-5-11-21)19(25)14-28-20(26)17(13-22)12-16-6-8-18(27-2)9-7-16/h6-9,12H,3-5,10-11,14H2,1-2H3/b17-12+. The topological polar surface area (TPSA) is 103 Å². The van der Waals surface area contributed by atoms with E-state index in [4.69, 9.17) is 9.47 Å². The van der Waals surface area contributed by atoms with Gasteiger partial charge in [-0.05, 0) is 36.6 Å². The molecule has 28 heavy (non-hydrogen) atoms. The largest absolute Gasteiger partial charge is 0.497 e. The summed E-state index contributed by atoms with van der Waals surface area (Å²) in [5.41, 5.74) is -0.435. The monoisotopic (exact) mass is 381 g/mol. The van der Waals surface area contributed by atoms with Crippen LogP contribution in [-0.4, -0.2) is 43.1 Å². The Balaban J connectivity index is 2.00. The van der Waals surface area contributed by atoms with Crippen LogP contribution in [0.25, 0.3) is 6.08 Å². The smallest absolute Gasteiger partial charge is 0.349 e. The summed E-state index contributed by atoms with van der Waals surface area (Å²) in [6, 6.07) is 10.8. The first-order chi connectivity index (χ1) is 13.5. The number of methoxy groups -OCH3 is 1. The predicted molar refractivity (Wildman–Crippen MR) is 102 cm³/mol. The molecule has 0 atom stereocenters. The van der Waals surface area contributed by atoms with Crippen LogP contribution in [0.15, 0.2) is 29.8 Å². The number of nitrogens with zero attached hydrogens (tertiary/aromatic N) is 3. The van der Waals surface area contributed by atoms with Crippen molar-refractivity contribution in [3.05, 3.63) is 35.4 Å². The summed E-state index contributed by atoms with van der Waals surface area (Å²) in [7, 11) is 3.10. The van der Waals surface area contributed by atoms with Gasteiger partial charge in [-0.3, -0.25) is 4.79 Å². The second kappa shape index (κ2) is 9.57. The van der Waals surface area contributed by atoms with E-state index in [1.165, 1.54) is 11.0 Å². The van der Waals surface area contributed by atoms with Crippen LogP contribution in [0.4, 0.5) is 0 Å². The van der Waals surface area contributed by atoms with Crippen molar-refractivity contribution in [3.8, 4) is 17.9 Å². The average molecular weight is 381 g/mol. The minimum atomic E-state index is -0.880. The molecule has 1 amide bonds. The van der Waals surface area contributed by atoms with Gasteiger partial charge < -0.3 is 14.4 Å². The van der Waals surface area contributed by atoms with Gasteiger partial charge in [0, 0.05) is 7.05 Å². The lowest BCUT2D eigenvalue weighted by molar-refractivity contribution is -0.150. The van der Waals surface area contributed by atoms with E-state index >= 15 is 0 Å². The average Bonchev–Trinajstić information content (AvgIpc) is 2.75. The molecule has 0 aromatic heterocycles. The van der Waals surface area contributed by atoms with Crippen LogP contribution in [-0.2, 0) is 14.3 Å². The number of nitriles is 2. The van der Waals surface area contributed by atoms with Crippen LogP contribution in [0.2, 0.25) is 0 Å². The Bertz CT molecular complexity index is 825. The number of esters is 1. The fourth-order valence-electron chi connectivity index (χ4n) is 3.20. The maximum Gasteiger partial charge on any atom is 0.349 e. The first-order valence-electron chi connectivity index (χ1n) is 9.06. The Morgan fingerprint density at radius 1 is 1.18 bits per heavy atom. The van der Waals surface area contributed by atoms with E-state index in [9.17, 15) is 20.1 Å². The molecule has 0 bridgehead atoms. The first-order valence-corrected chi connectivity index (χ1v) is 9.06. The molecule has 0 N–H and O–H groups in total. The molecule has 1 aliphatic carbocycles. The van der Waals surface area contributed by atoms with E-state index in [1.54, 1.807) is 44.5 Å². The molecule has 146 valence electrons. The lowest BCUT2D eigenvalue weighted by atomic mass is 9.81.